The zero-order valence-corrected chi connectivity index (χ0v) is 22.8. The van der Waals surface area contributed by atoms with Crippen LogP contribution < -0.4 is 0 Å². The molecule has 0 aliphatic heterocycles. The van der Waals surface area contributed by atoms with E-state index in [4.69, 9.17) is 0 Å². The van der Waals surface area contributed by atoms with Crippen molar-refractivity contribution in [2.24, 2.45) is 39.4 Å². The molecular formula is C34H40O4. The summed E-state index contributed by atoms with van der Waals surface area (Å²) in [5.74, 6) is 0.266. The summed E-state index contributed by atoms with van der Waals surface area (Å²) in [5.41, 5.74) is 3.31. The third-order valence-corrected chi connectivity index (χ3v) is 12.9. The molecule has 0 radical (unpaired) electrons. The van der Waals surface area contributed by atoms with Gasteiger partial charge in [-0.3, -0.25) is 0 Å². The van der Waals surface area contributed by atoms with Crippen molar-refractivity contribution in [3.63, 3.8) is 0 Å². The average molecular weight is 513 g/mol. The Morgan fingerprint density at radius 1 is 0.684 bits per heavy atom. The van der Waals surface area contributed by atoms with Crippen LogP contribution >= 0.6 is 0 Å². The predicted octanol–water partition coefficient (Wildman–Crippen LogP) is 8.07. The summed E-state index contributed by atoms with van der Waals surface area (Å²) in [7, 11) is 0. The topological polar surface area (TPSA) is 74.6 Å². The van der Waals surface area contributed by atoms with Crippen molar-refractivity contribution < 1.29 is 19.8 Å². The standard InChI is InChI=1S/C34H40O4/c1-30-9-22-10-31(2,16-30)18-34(15-22,17-30)33-13-20-8-21(14-33)12-32(11-20,19-33)26-7-6-25(29(37)38)27-23(26)4-3-5-24(27)28(35)36/h3-7,20-22H,8-19H2,1-2H3,(H,35,36)(H,37,38). The molecule has 0 spiro atoms. The highest BCUT2D eigenvalue weighted by Crippen LogP contribution is 2.80. The van der Waals surface area contributed by atoms with E-state index in [1.807, 2.05) is 12.1 Å². The Labute approximate surface area is 225 Å². The summed E-state index contributed by atoms with van der Waals surface area (Å²) in [6.45, 7) is 5.21. The van der Waals surface area contributed by atoms with E-state index < -0.39 is 11.9 Å². The molecular weight excluding hydrogens is 472 g/mol. The SMILES string of the molecule is CC12CC3CC(C)(C1)CC(C14CC5CC(CC(c6ccc(C(=O)O)c7c(C(=O)O)cccc67)(C5)C1)C4)(C3)C2. The molecule has 8 aliphatic rings. The molecule has 38 heavy (non-hydrogen) atoms. The Balaban J connectivity index is 1.31. The maximum Gasteiger partial charge on any atom is 0.336 e. The van der Waals surface area contributed by atoms with Crippen LogP contribution in [0, 0.1) is 39.4 Å². The van der Waals surface area contributed by atoms with Crippen molar-refractivity contribution in [3.05, 3.63) is 47.0 Å². The van der Waals surface area contributed by atoms with Crippen LogP contribution in [0.2, 0.25) is 0 Å². The first kappa shape index (κ1) is 23.5. The molecule has 0 saturated heterocycles. The lowest BCUT2D eigenvalue weighted by Crippen LogP contribution is -2.66. The van der Waals surface area contributed by atoms with Crippen LogP contribution in [0.25, 0.3) is 10.8 Å². The predicted molar refractivity (Wildman–Crippen MR) is 146 cm³/mol. The van der Waals surface area contributed by atoms with Crippen molar-refractivity contribution in [1.82, 2.24) is 0 Å². The summed E-state index contributed by atoms with van der Waals surface area (Å²) >= 11 is 0. The van der Waals surface area contributed by atoms with Gasteiger partial charge in [0, 0.05) is 5.39 Å². The van der Waals surface area contributed by atoms with Gasteiger partial charge in [0.25, 0.3) is 0 Å². The Morgan fingerprint density at radius 3 is 1.89 bits per heavy atom. The quantitative estimate of drug-likeness (QED) is 0.434. The van der Waals surface area contributed by atoms with E-state index in [1.54, 1.807) is 12.1 Å². The molecule has 8 fully saturated rings. The molecule has 2 N–H and O–H groups in total. The smallest absolute Gasteiger partial charge is 0.336 e. The molecule has 4 nitrogen and oxygen atoms in total. The number of benzene rings is 2. The Morgan fingerprint density at radius 2 is 1.29 bits per heavy atom. The van der Waals surface area contributed by atoms with Crippen molar-refractivity contribution in [1.29, 1.82) is 0 Å². The number of carboxylic acid groups (broad SMARTS) is 2. The van der Waals surface area contributed by atoms with Crippen LogP contribution in [0.1, 0.15) is 117 Å². The fraction of sp³-hybridized carbons (Fsp3) is 0.647. The van der Waals surface area contributed by atoms with E-state index in [9.17, 15) is 19.8 Å². The number of carboxylic acids is 2. The van der Waals surface area contributed by atoms with E-state index in [0.717, 1.165) is 23.1 Å². The molecule has 4 unspecified atom stereocenters. The minimum absolute atomic E-state index is 0.0294. The van der Waals surface area contributed by atoms with Gasteiger partial charge in [0.1, 0.15) is 0 Å². The van der Waals surface area contributed by atoms with Gasteiger partial charge in [-0.05, 0) is 145 Å². The minimum atomic E-state index is -1.05. The zero-order valence-electron chi connectivity index (χ0n) is 22.8. The van der Waals surface area contributed by atoms with Crippen molar-refractivity contribution in [2.75, 3.05) is 0 Å². The van der Waals surface area contributed by atoms with Gasteiger partial charge in [-0.2, -0.15) is 0 Å². The van der Waals surface area contributed by atoms with E-state index in [0.29, 0.717) is 27.0 Å². The summed E-state index contributed by atoms with van der Waals surface area (Å²) in [4.78, 5) is 24.5. The third kappa shape index (κ3) is 2.93. The Kier molecular flexibility index (Phi) is 4.36. The van der Waals surface area contributed by atoms with Gasteiger partial charge in [-0.25, -0.2) is 9.59 Å². The minimum Gasteiger partial charge on any atom is -0.478 e. The molecule has 2 aromatic rings. The second-order valence-corrected chi connectivity index (χ2v) is 15.9. The van der Waals surface area contributed by atoms with Crippen LogP contribution in [0.5, 0.6) is 0 Å². The first-order valence-corrected chi connectivity index (χ1v) is 15.0. The first-order chi connectivity index (χ1) is 18.0. The maximum atomic E-state index is 12.2. The number of aromatic carboxylic acids is 2. The van der Waals surface area contributed by atoms with Crippen LogP contribution in [0.15, 0.2) is 30.3 Å². The lowest BCUT2D eigenvalue weighted by molar-refractivity contribution is -0.242. The number of fused-ring (bicyclic) bond motifs is 1. The van der Waals surface area contributed by atoms with Gasteiger partial charge in [0.05, 0.1) is 11.1 Å². The monoisotopic (exact) mass is 512 g/mol. The van der Waals surface area contributed by atoms with E-state index >= 15 is 0 Å². The summed E-state index contributed by atoms with van der Waals surface area (Å²) in [6.07, 6.45) is 16.2. The number of carbonyl (C=O) groups is 2. The van der Waals surface area contributed by atoms with Crippen LogP contribution in [-0.2, 0) is 5.41 Å². The van der Waals surface area contributed by atoms with E-state index in [2.05, 4.69) is 19.9 Å². The molecule has 2 aromatic carbocycles. The summed E-state index contributed by atoms with van der Waals surface area (Å²) in [5, 5.41) is 21.3. The molecule has 0 amide bonds. The van der Waals surface area contributed by atoms with Gasteiger partial charge in [0.15, 0.2) is 0 Å². The number of hydrogen-bond donors (Lipinski definition) is 2. The normalized spacial score (nSPS) is 46.1. The highest BCUT2D eigenvalue weighted by atomic mass is 16.4. The third-order valence-electron chi connectivity index (χ3n) is 12.9. The molecule has 0 aromatic heterocycles. The number of rotatable bonds is 4. The van der Waals surface area contributed by atoms with Crippen LogP contribution in [0.3, 0.4) is 0 Å². The van der Waals surface area contributed by atoms with Gasteiger partial charge in [-0.15, -0.1) is 0 Å². The van der Waals surface area contributed by atoms with Crippen LogP contribution in [-0.4, -0.2) is 22.2 Å². The summed E-state index contributed by atoms with van der Waals surface area (Å²) < 4.78 is 0. The van der Waals surface area contributed by atoms with Gasteiger partial charge in [-0.1, -0.05) is 32.0 Å². The largest absolute Gasteiger partial charge is 0.478 e. The molecule has 8 aliphatic carbocycles. The lowest BCUT2D eigenvalue weighted by atomic mass is 9.29. The van der Waals surface area contributed by atoms with Crippen LogP contribution in [0.4, 0.5) is 0 Å². The first-order valence-electron chi connectivity index (χ1n) is 15.0. The lowest BCUT2D eigenvalue weighted by Gasteiger charge is -2.75. The van der Waals surface area contributed by atoms with Gasteiger partial charge >= 0.3 is 11.9 Å². The molecule has 8 saturated carbocycles. The van der Waals surface area contributed by atoms with Crippen molar-refractivity contribution in [2.45, 2.75) is 96.3 Å². The molecule has 10 rings (SSSR count). The fourth-order valence-electron chi connectivity index (χ4n) is 13.5. The highest BCUT2D eigenvalue weighted by molar-refractivity contribution is 6.13. The zero-order chi connectivity index (χ0) is 26.3. The van der Waals surface area contributed by atoms with Gasteiger partial charge < -0.3 is 10.2 Å². The molecule has 0 heterocycles. The second kappa shape index (κ2) is 7.04. The molecule has 200 valence electrons. The van der Waals surface area contributed by atoms with Crippen molar-refractivity contribution >= 4 is 22.7 Å². The average Bonchev–Trinajstić information content (AvgIpc) is 2.79. The fourth-order valence-corrected chi connectivity index (χ4v) is 13.5. The highest BCUT2D eigenvalue weighted by Gasteiger charge is 2.71. The molecule has 4 atom stereocenters. The molecule has 8 bridgehead atoms. The second-order valence-electron chi connectivity index (χ2n) is 15.9. The van der Waals surface area contributed by atoms with E-state index in [-0.39, 0.29) is 16.5 Å². The van der Waals surface area contributed by atoms with Gasteiger partial charge in [0.2, 0.25) is 0 Å². The summed E-state index contributed by atoms with van der Waals surface area (Å²) in [6, 6.07) is 9.18. The number of hydrogen-bond acceptors (Lipinski definition) is 2. The Hall–Kier alpha value is -2.36. The Bertz CT molecular complexity index is 1370. The van der Waals surface area contributed by atoms with E-state index in [1.165, 1.54) is 82.6 Å². The van der Waals surface area contributed by atoms with Crippen molar-refractivity contribution in [3.8, 4) is 0 Å². The molecule has 4 heteroatoms. The maximum absolute atomic E-state index is 12.2.